The quantitative estimate of drug-likeness (QED) is 0.846. The fourth-order valence-corrected chi connectivity index (χ4v) is 3.28. The Morgan fingerprint density at radius 3 is 2.81 bits per heavy atom. The zero-order valence-corrected chi connectivity index (χ0v) is 13.8. The van der Waals surface area contributed by atoms with Crippen LogP contribution < -0.4 is 11.1 Å². The molecule has 0 aromatic heterocycles. The van der Waals surface area contributed by atoms with Crippen molar-refractivity contribution in [1.82, 2.24) is 0 Å². The number of nitrogens with two attached hydrogens (primary N) is 1. The summed E-state index contributed by atoms with van der Waals surface area (Å²) >= 11 is 9.82. The van der Waals surface area contributed by atoms with Gasteiger partial charge in [0, 0.05) is 15.2 Å². The van der Waals surface area contributed by atoms with E-state index in [0.717, 1.165) is 32.4 Å². The minimum atomic E-state index is -0.323. The van der Waals surface area contributed by atoms with Crippen molar-refractivity contribution < 1.29 is 4.79 Å². The van der Waals surface area contributed by atoms with Gasteiger partial charge in [-0.05, 0) is 53.4 Å². The van der Waals surface area contributed by atoms with E-state index in [-0.39, 0.29) is 11.9 Å². The summed E-state index contributed by atoms with van der Waals surface area (Å²) in [7, 11) is 0. The van der Waals surface area contributed by atoms with Crippen LogP contribution in [0.5, 0.6) is 0 Å². The molecule has 108 valence electrons. The predicted octanol–water partition coefficient (Wildman–Crippen LogP) is 3.95. The number of aryl methyl sites for hydroxylation is 1. The van der Waals surface area contributed by atoms with Gasteiger partial charge in [0.15, 0.2) is 0 Å². The maximum Gasteiger partial charge on any atom is 0.228 e. The lowest BCUT2D eigenvalue weighted by molar-refractivity contribution is -0.115. The van der Waals surface area contributed by atoms with E-state index >= 15 is 0 Å². The zero-order chi connectivity index (χ0) is 15.1. The van der Waals surface area contributed by atoms with Gasteiger partial charge in [-0.2, -0.15) is 0 Å². The first kappa shape index (κ1) is 14.6. The lowest BCUT2D eigenvalue weighted by Gasteiger charge is -2.18. The maximum absolute atomic E-state index is 11.5. The number of benzene rings is 2. The van der Waals surface area contributed by atoms with Crippen LogP contribution in [0.15, 0.2) is 34.8 Å². The molecule has 1 atom stereocenters. The molecular formula is C16H14BrClN2O. The summed E-state index contributed by atoms with van der Waals surface area (Å²) in [4.78, 5) is 11.5. The van der Waals surface area contributed by atoms with Gasteiger partial charge in [-0.1, -0.05) is 33.6 Å². The van der Waals surface area contributed by atoms with E-state index < -0.39 is 0 Å². The predicted molar refractivity (Wildman–Crippen MR) is 88.7 cm³/mol. The van der Waals surface area contributed by atoms with Crippen LogP contribution in [-0.2, 0) is 11.2 Å². The van der Waals surface area contributed by atoms with Crippen molar-refractivity contribution >= 4 is 39.1 Å². The van der Waals surface area contributed by atoms with Crippen LogP contribution in [0, 0.1) is 6.92 Å². The van der Waals surface area contributed by atoms with E-state index in [1.54, 1.807) is 6.07 Å². The molecule has 2 aromatic rings. The standard InChI is InChI=1S/C16H14BrClN2O/c1-8-2-3-10(17)6-11(8)16(19)12-4-9-5-15(21)20-14(9)7-13(12)18/h2-4,6-7,16H,5,19H2,1H3,(H,20,21). The lowest BCUT2D eigenvalue weighted by Crippen LogP contribution is -2.14. The van der Waals surface area contributed by atoms with Gasteiger partial charge in [0.05, 0.1) is 12.5 Å². The molecule has 0 radical (unpaired) electrons. The van der Waals surface area contributed by atoms with E-state index in [1.807, 2.05) is 31.2 Å². The molecule has 0 spiro atoms. The van der Waals surface area contributed by atoms with Crippen LogP contribution in [0.25, 0.3) is 0 Å². The van der Waals surface area contributed by atoms with Crippen LogP contribution in [-0.4, -0.2) is 5.91 Å². The van der Waals surface area contributed by atoms with Gasteiger partial charge in [-0.3, -0.25) is 4.79 Å². The highest BCUT2D eigenvalue weighted by molar-refractivity contribution is 9.10. The smallest absolute Gasteiger partial charge is 0.228 e. The topological polar surface area (TPSA) is 55.1 Å². The van der Waals surface area contributed by atoms with Gasteiger partial charge >= 0.3 is 0 Å². The van der Waals surface area contributed by atoms with Gasteiger partial charge in [-0.25, -0.2) is 0 Å². The Hall–Kier alpha value is -1.36. The van der Waals surface area contributed by atoms with Gasteiger partial charge in [-0.15, -0.1) is 0 Å². The SMILES string of the molecule is Cc1ccc(Br)cc1C(N)c1cc2c(cc1Cl)NC(=O)C2. The number of carbonyl (C=O) groups excluding carboxylic acids is 1. The summed E-state index contributed by atoms with van der Waals surface area (Å²) in [6, 6.07) is 9.40. The van der Waals surface area contributed by atoms with Crippen LogP contribution in [0.2, 0.25) is 5.02 Å². The van der Waals surface area contributed by atoms with Gasteiger partial charge < -0.3 is 11.1 Å². The Morgan fingerprint density at radius 2 is 2.05 bits per heavy atom. The minimum Gasteiger partial charge on any atom is -0.325 e. The molecule has 0 aliphatic carbocycles. The van der Waals surface area contributed by atoms with Crippen molar-refractivity contribution in [3.8, 4) is 0 Å². The first-order valence-corrected chi connectivity index (χ1v) is 7.76. The molecule has 1 unspecified atom stereocenters. The zero-order valence-electron chi connectivity index (χ0n) is 11.4. The minimum absolute atomic E-state index is 0.00887. The second-order valence-electron chi connectivity index (χ2n) is 5.23. The van der Waals surface area contributed by atoms with E-state index in [4.69, 9.17) is 17.3 Å². The van der Waals surface area contributed by atoms with Crippen LogP contribution in [0.3, 0.4) is 0 Å². The Morgan fingerprint density at radius 1 is 1.29 bits per heavy atom. The van der Waals surface area contributed by atoms with E-state index in [0.29, 0.717) is 11.4 Å². The van der Waals surface area contributed by atoms with Crippen LogP contribution in [0.4, 0.5) is 5.69 Å². The number of fused-ring (bicyclic) bond motifs is 1. The number of anilines is 1. The lowest BCUT2D eigenvalue weighted by atomic mass is 9.94. The van der Waals surface area contributed by atoms with Crippen LogP contribution >= 0.6 is 27.5 Å². The monoisotopic (exact) mass is 364 g/mol. The molecule has 3 nitrogen and oxygen atoms in total. The Kier molecular flexibility index (Phi) is 3.78. The molecule has 1 amide bonds. The molecular weight excluding hydrogens is 352 g/mol. The average molecular weight is 366 g/mol. The van der Waals surface area contributed by atoms with E-state index in [1.165, 1.54) is 0 Å². The van der Waals surface area contributed by atoms with E-state index in [2.05, 4.69) is 21.2 Å². The molecule has 0 bridgehead atoms. The molecule has 3 rings (SSSR count). The number of hydrogen-bond acceptors (Lipinski definition) is 2. The Balaban J connectivity index is 2.06. The van der Waals surface area contributed by atoms with Crippen molar-refractivity contribution in [2.24, 2.45) is 5.73 Å². The average Bonchev–Trinajstić information content (AvgIpc) is 2.79. The van der Waals surface area contributed by atoms with Crippen molar-refractivity contribution in [1.29, 1.82) is 0 Å². The summed E-state index contributed by atoms with van der Waals surface area (Å²) in [5.41, 5.74) is 11.1. The highest BCUT2D eigenvalue weighted by Gasteiger charge is 2.22. The van der Waals surface area contributed by atoms with Gasteiger partial charge in [0.1, 0.15) is 0 Å². The number of halogens is 2. The van der Waals surface area contributed by atoms with Gasteiger partial charge in [0.25, 0.3) is 0 Å². The third-order valence-electron chi connectivity index (χ3n) is 3.76. The molecule has 21 heavy (non-hydrogen) atoms. The molecule has 1 aliphatic rings. The first-order chi connectivity index (χ1) is 9.95. The van der Waals surface area contributed by atoms with Crippen molar-refractivity contribution in [3.63, 3.8) is 0 Å². The summed E-state index contributed by atoms with van der Waals surface area (Å²) < 4.78 is 0.979. The third kappa shape index (κ3) is 2.71. The molecule has 5 heteroatoms. The largest absolute Gasteiger partial charge is 0.325 e. The number of carbonyl (C=O) groups is 1. The van der Waals surface area contributed by atoms with Crippen molar-refractivity contribution in [2.45, 2.75) is 19.4 Å². The Bertz CT molecular complexity index is 745. The molecule has 1 aliphatic heterocycles. The highest BCUT2D eigenvalue weighted by atomic mass is 79.9. The number of hydrogen-bond donors (Lipinski definition) is 2. The van der Waals surface area contributed by atoms with Gasteiger partial charge in [0.2, 0.25) is 5.91 Å². The number of rotatable bonds is 2. The second kappa shape index (κ2) is 5.44. The van der Waals surface area contributed by atoms with Crippen molar-refractivity contribution in [2.75, 3.05) is 5.32 Å². The first-order valence-electron chi connectivity index (χ1n) is 6.59. The third-order valence-corrected chi connectivity index (χ3v) is 4.58. The molecule has 2 aromatic carbocycles. The highest BCUT2D eigenvalue weighted by Crippen LogP contribution is 2.35. The van der Waals surface area contributed by atoms with E-state index in [9.17, 15) is 4.79 Å². The van der Waals surface area contributed by atoms with Crippen LogP contribution in [0.1, 0.15) is 28.3 Å². The normalized spacial score (nSPS) is 14.8. The molecule has 0 saturated carbocycles. The summed E-state index contributed by atoms with van der Waals surface area (Å²) in [6.45, 7) is 2.02. The summed E-state index contributed by atoms with van der Waals surface area (Å²) in [5, 5.41) is 3.36. The fraction of sp³-hybridized carbons (Fsp3) is 0.188. The Labute approximate surface area is 136 Å². The molecule has 0 saturated heterocycles. The number of amides is 1. The number of nitrogens with one attached hydrogen (secondary N) is 1. The molecule has 3 N–H and O–H groups in total. The molecule has 0 fully saturated rings. The maximum atomic E-state index is 11.5. The summed E-state index contributed by atoms with van der Waals surface area (Å²) in [5.74, 6) is -0.00887. The second-order valence-corrected chi connectivity index (χ2v) is 6.56. The summed E-state index contributed by atoms with van der Waals surface area (Å²) in [6.07, 6.45) is 0.379. The van der Waals surface area contributed by atoms with Crippen molar-refractivity contribution in [3.05, 3.63) is 62.1 Å². The fourth-order valence-electron chi connectivity index (χ4n) is 2.62. The molecule has 1 heterocycles.